The SMILES string of the molecule is CS(=O)(=O)c1ccnc([N+](=O)[O-])c1. The van der Waals surface area contributed by atoms with Crippen molar-refractivity contribution in [3.63, 3.8) is 0 Å². The van der Waals surface area contributed by atoms with Gasteiger partial charge in [-0.2, -0.15) is 0 Å². The molecular weight excluding hydrogens is 196 g/mol. The maximum atomic E-state index is 11.0. The van der Waals surface area contributed by atoms with Gasteiger partial charge in [0.25, 0.3) is 0 Å². The molecule has 0 N–H and O–H groups in total. The van der Waals surface area contributed by atoms with Crippen molar-refractivity contribution in [3.8, 4) is 0 Å². The first kappa shape index (κ1) is 9.59. The van der Waals surface area contributed by atoms with Crippen LogP contribution in [0.5, 0.6) is 0 Å². The van der Waals surface area contributed by atoms with Crippen molar-refractivity contribution in [3.05, 3.63) is 28.4 Å². The third kappa shape index (κ3) is 2.22. The number of hydrogen-bond donors (Lipinski definition) is 0. The van der Waals surface area contributed by atoms with Gasteiger partial charge in [-0.3, -0.25) is 0 Å². The van der Waals surface area contributed by atoms with Crippen LogP contribution in [0, 0.1) is 10.1 Å². The quantitative estimate of drug-likeness (QED) is 0.511. The highest BCUT2D eigenvalue weighted by Gasteiger charge is 2.13. The summed E-state index contributed by atoms with van der Waals surface area (Å²) in [4.78, 5) is 12.8. The molecule has 1 aromatic rings. The molecule has 0 aliphatic heterocycles. The Morgan fingerprint density at radius 3 is 2.62 bits per heavy atom. The topological polar surface area (TPSA) is 90.2 Å². The zero-order valence-electron chi connectivity index (χ0n) is 6.67. The molecule has 6 nitrogen and oxygen atoms in total. The minimum atomic E-state index is -3.40. The van der Waals surface area contributed by atoms with Crippen LogP contribution >= 0.6 is 0 Å². The molecule has 1 rings (SSSR count). The lowest BCUT2D eigenvalue weighted by Gasteiger charge is -1.95. The summed E-state index contributed by atoms with van der Waals surface area (Å²) in [5.41, 5.74) is 0. The molecule has 0 aromatic carbocycles. The van der Waals surface area contributed by atoms with Gasteiger partial charge >= 0.3 is 5.82 Å². The van der Waals surface area contributed by atoms with Crippen molar-refractivity contribution >= 4 is 15.7 Å². The standard InChI is InChI=1S/C6H6N2O4S/c1-13(11,12)5-2-3-7-6(4-5)8(9)10/h2-4H,1H3. The molecule has 0 bridgehead atoms. The van der Waals surface area contributed by atoms with Crippen LogP contribution in [0.2, 0.25) is 0 Å². The van der Waals surface area contributed by atoms with E-state index < -0.39 is 20.6 Å². The Labute approximate surface area is 74.3 Å². The summed E-state index contributed by atoms with van der Waals surface area (Å²) in [6.07, 6.45) is 2.07. The Hall–Kier alpha value is -1.50. The highest BCUT2D eigenvalue weighted by molar-refractivity contribution is 7.90. The lowest BCUT2D eigenvalue weighted by atomic mass is 10.5. The summed E-state index contributed by atoms with van der Waals surface area (Å²) in [6, 6.07) is 2.14. The minimum Gasteiger partial charge on any atom is -0.358 e. The monoisotopic (exact) mass is 202 g/mol. The first-order valence-electron chi connectivity index (χ1n) is 3.22. The molecule has 0 fully saturated rings. The highest BCUT2D eigenvalue weighted by atomic mass is 32.2. The fourth-order valence-corrected chi connectivity index (χ4v) is 1.36. The van der Waals surface area contributed by atoms with E-state index in [1.54, 1.807) is 0 Å². The normalized spacial score (nSPS) is 11.2. The van der Waals surface area contributed by atoms with E-state index in [1.165, 1.54) is 6.07 Å². The van der Waals surface area contributed by atoms with Gasteiger partial charge in [0.2, 0.25) is 0 Å². The van der Waals surface area contributed by atoms with Crippen LogP contribution in [0.4, 0.5) is 5.82 Å². The minimum absolute atomic E-state index is 0.103. The van der Waals surface area contributed by atoms with Crippen LogP contribution in [0.3, 0.4) is 0 Å². The molecule has 0 radical (unpaired) electrons. The summed E-state index contributed by atoms with van der Waals surface area (Å²) in [7, 11) is -3.40. The number of nitro groups is 1. The molecule has 0 unspecified atom stereocenters. The summed E-state index contributed by atoms with van der Waals surface area (Å²) in [6.45, 7) is 0. The van der Waals surface area contributed by atoms with E-state index in [4.69, 9.17) is 0 Å². The van der Waals surface area contributed by atoms with Gasteiger partial charge in [0.05, 0.1) is 11.0 Å². The largest absolute Gasteiger partial charge is 0.364 e. The Balaban J connectivity index is 3.29. The third-order valence-corrected chi connectivity index (χ3v) is 2.44. The Kier molecular flexibility index (Phi) is 2.28. The van der Waals surface area contributed by atoms with E-state index in [0.717, 1.165) is 18.5 Å². The first-order chi connectivity index (χ1) is 5.91. The van der Waals surface area contributed by atoms with Crippen LogP contribution in [0.15, 0.2) is 23.2 Å². The second kappa shape index (κ2) is 3.09. The number of nitrogens with zero attached hydrogens (tertiary/aromatic N) is 2. The Morgan fingerprint density at radius 1 is 1.54 bits per heavy atom. The highest BCUT2D eigenvalue weighted by Crippen LogP contribution is 2.13. The van der Waals surface area contributed by atoms with Crippen LogP contribution in [-0.2, 0) is 9.84 Å². The molecule has 0 saturated carbocycles. The van der Waals surface area contributed by atoms with Gasteiger partial charge in [0.1, 0.15) is 6.20 Å². The van der Waals surface area contributed by atoms with Gasteiger partial charge in [-0.1, -0.05) is 0 Å². The molecule has 0 spiro atoms. The maximum Gasteiger partial charge on any atom is 0.364 e. The molecule has 0 saturated heterocycles. The molecule has 0 aliphatic rings. The molecule has 7 heteroatoms. The van der Waals surface area contributed by atoms with Gasteiger partial charge in [0, 0.05) is 12.3 Å². The summed E-state index contributed by atoms with van der Waals surface area (Å²) < 4.78 is 21.9. The van der Waals surface area contributed by atoms with Crippen molar-refractivity contribution in [1.29, 1.82) is 0 Å². The van der Waals surface area contributed by atoms with E-state index in [9.17, 15) is 18.5 Å². The van der Waals surface area contributed by atoms with Crippen LogP contribution < -0.4 is 0 Å². The summed E-state index contributed by atoms with van der Waals surface area (Å²) >= 11 is 0. The van der Waals surface area contributed by atoms with E-state index in [0.29, 0.717) is 0 Å². The van der Waals surface area contributed by atoms with E-state index in [-0.39, 0.29) is 4.90 Å². The second-order valence-corrected chi connectivity index (χ2v) is 4.39. The van der Waals surface area contributed by atoms with Crippen molar-refractivity contribution < 1.29 is 13.3 Å². The molecule has 0 amide bonds. The smallest absolute Gasteiger partial charge is 0.358 e. The predicted octanol–water partition coefficient (Wildman–Crippen LogP) is 0.393. The predicted molar refractivity (Wildman–Crippen MR) is 44.0 cm³/mol. The number of sulfone groups is 1. The van der Waals surface area contributed by atoms with Gasteiger partial charge in [-0.25, -0.2) is 8.42 Å². The summed E-state index contributed by atoms with van der Waals surface area (Å²) in [5, 5.41) is 10.2. The number of hydrogen-bond acceptors (Lipinski definition) is 5. The fraction of sp³-hybridized carbons (Fsp3) is 0.167. The van der Waals surface area contributed by atoms with Gasteiger partial charge in [-0.05, 0) is 9.91 Å². The van der Waals surface area contributed by atoms with Gasteiger partial charge < -0.3 is 10.1 Å². The average Bonchev–Trinajstić information content (AvgIpc) is 2.03. The zero-order chi connectivity index (χ0) is 10.1. The first-order valence-corrected chi connectivity index (χ1v) is 5.11. The number of rotatable bonds is 2. The van der Waals surface area contributed by atoms with E-state index in [2.05, 4.69) is 4.98 Å². The van der Waals surface area contributed by atoms with Crippen LogP contribution in [-0.4, -0.2) is 24.6 Å². The molecule has 13 heavy (non-hydrogen) atoms. The van der Waals surface area contributed by atoms with Gasteiger partial charge in [-0.15, -0.1) is 0 Å². The molecule has 70 valence electrons. The second-order valence-electron chi connectivity index (χ2n) is 2.38. The third-order valence-electron chi connectivity index (χ3n) is 1.33. The van der Waals surface area contributed by atoms with Crippen molar-refractivity contribution in [2.75, 3.05) is 6.26 Å². The maximum absolute atomic E-state index is 11.0. The zero-order valence-corrected chi connectivity index (χ0v) is 7.48. The summed E-state index contributed by atoms with van der Waals surface area (Å²) in [5.74, 6) is -0.470. The molecule has 0 atom stereocenters. The Bertz CT molecular complexity index is 440. The van der Waals surface area contributed by atoms with Crippen LogP contribution in [0.1, 0.15) is 0 Å². The lowest BCUT2D eigenvalue weighted by molar-refractivity contribution is -0.389. The molecule has 0 aliphatic carbocycles. The van der Waals surface area contributed by atoms with E-state index >= 15 is 0 Å². The molecule has 1 aromatic heterocycles. The van der Waals surface area contributed by atoms with Crippen LogP contribution in [0.25, 0.3) is 0 Å². The Morgan fingerprint density at radius 2 is 2.15 bits per heavy atom. The lowest BCUT2D eigenvalue weighted by Crippen LogP contribution is -1.99. The van der Waals surface area contributed by atoms with Crippen molar-refractivity contribution in [2.24, 2.45) is 0 Å². The molecular formula is C6H6N2O4S. The van der Waals surface area contributed by atoms with Crippen molar-refractivity contribution in [1.82, 2.24) is 4.98 Å². The number of aromatic nitrogens is 1. The van der Waals surface area contributed by atoms with Gasteiger partial charge in [0.15, 0.2) is 9.84 Å². The molecule has 1 heterocycles. The average molecular weight is 202 g/mol. The van der Waals surface area contributed by atoms with Crippen molar-refractivity contribution in [2.45, 2.75) is 4.90 Å². The fourth-order valence-electron chi connectivity index (χ4n) is 0.730. The van der Waals surface area contributed by atoms with E-state index in [1.807, 2.05) is 0 Å². The number of pyridine rings is 1.